The van der Waals surface area contributed by atoms with Crippen LogP contribution >= 0.6 is 11.6 Å². The molecule has 7 heteroatoms. The van der Waals surface area contributed by atoms with Crippen molar-refractivity contribution in [3.8, 4) is 17.6 Å². The zero-order valence-electron chi connectivity index (χ0n) is 14.3. The van der Waals surface area contributed by atoms with E-state index in [1.807, 2.05) is 28.8 Å². The summed E-state index contributed by atoms with van der Waals surface area (Å²) in [6.07, 6.45) is 4.36. The van der Waals surface area contributed by atoms with Crippen LogP contribution in [0.15, 0.2) is 42.7 Å². The highest BCUT2D eigenvalue weighted by Crippen LogP contribution is 2.38. The second-order valence-electron chi connectivity index (χ2n) is 6.05. The molecule has 0 aliphatic carbocycles. The molecule has 0 bridgehead atoms. The summed E-state index contributed by atoms with van der Waals surface area (Å²) in [5.41, 5.74) is 2.16. The van der Waals surface area contributed by atoms with Gasteiger partial charge in [0.2, 0.25) is 0 Å². The van der Waals surface area contributed by atoms with E-state index in [0.717, 1.165) is 11.9 Å². The molecular weight excluding hydrogens is 368 g/mol. The Morgan fingerprint density at radius 2 is 2.15 bits per heavy atom. The van der Waals surface area contributed by atoms with E-state index in [2.05, 4.69) is 6.07 Å². The molecule has 4 rings (SSSR count). The van der Waals surface area contributed by atoms with E-state index in [1.54, 1.807) is 12.3 Å². The predicted octanol–water partition coefficient (Wildman–Crippen LogP) is 3.98. The predicted molar refractivity (Wildman–Crippen MR) is 98.3 cm³/mol. The number of ether oxygens (including phenoxy) is 3. The molecule has 1 aliphatic heterocycles. The molecular formula is C20H15ClN2O4. The lowest BCUT2D eigenvalue weighted by atomic mass is 10.2. The summed E-state index contributed by atoms with van der Waals surface area (Å²) in [6.45, 7) is 0.982. The number of rotatable bonds is 3. The zero-order chi connectivity index (χ0) is 18.8. The Kier molecular flexibility index (Phi) is 4.61. The molecule has 0 saturated heterocycles. The third-order valence-electron chi connectivity index (χ3n) is 4.27. The van der Waals surface area contributed by atoms with Gasteiger partial charge in [0.1, 0.15) is 12.7 Å². The summed E-state index contributed by atoms with van der Waals surface area (Å²) in [6, 6.07) is 10.8. The molecule has 1 aromatic carbocycles. The fraction of sp³-hybridized carbons (Fsp3) is 0.200. The fourth-order valence-corrected chi connectivity index (χ4v) is 3.26. The van der Waals surface area contributed by atoms with Gasteiger partial charge in [0.15, 0.2) is 11.5 Å². The van der Waals surface area contributed by atoms with Gasteiger partial charge < -0.3 is 18.6 Å². The number of nitrogens with zero attached hydrogens (tertiary/aromatic N) is 2. The number of nitriles is 1. The van der Waals surface area contributed by atoms with Gasteiger partial charge in [-0.3, -0.25) is 0 Å². The van der Waals surface area contributed by atoms with Gasteiger partial charge in [-0.1, -0.05) is 17.7 Å². The SMILES string of the molecule is N#Cc1c(COC(=O)c2cc(Cl)c3c(c2)OCCCO3)cn2ccccc12. The molecule has 3 aromatic rings. The summed E-state index contributed by atoms with van der Waals surface area (Å²) >= 11 is 6.22. The van der Waals surface area contributed by atoms with Crippen molar-refractivity contribution in [2.45, 2.75) is 13.0 Å². The molecule has 2 aromatic heterocycles. The zero-order valence-corrected chi connectivity index (χ0v) is 15.0. The van der Waals surface area contributed by atoms with Gasteiger partial charge in [0, 0.05) is 24.4 Å². The molecule has 27 heavy (non-hydrogen) atoms. The van der Waals surface area contributed by atoms with Crippen molar-refractivity contribution in [3.05, 3.63) is 64.4 Å². The van der Waals surface area contributed by atoms with Crippen LogP contribution in [0.2, 0.25) is 5.02 Å². The van der Waals surface area contributed by atoms with E-state index < -0.39 is 5.97 Å². The van der Waals surface area contributed by atoms with E-state index in [1.165, 1.54) is 6.07 Å². The summed E-state index contributed by atoms with van der Waals surface area (Å²) in [5, 5.41) is 9.73. The summed E-state index contributed by atoms with van der Waals surface area (Å²) in [5.74, 6) is 0.321. The van der Waals surface area contributed by atoms with Crippen LogP contribution in [0.4, 0.5) is 0 Å². The first kappa shape index (κ1) is 17.3. The first-order valence-electron chi connectivity index (χ1n) is 8.42. The second kappa shape index (κ2) is 7.22. The van der Waals surface area contributed by atoms with Crippen molar-refractivity contribution in [1.29, 1.82) is 5.26 Å². The topological polar surface area (TPSA) is 73.0 Å². The largest absolute Gasteiger partial charge is 0.489 e. The van der Waals surface area contributed by atoms with Crippen molar-refractivity contribution in [1.82, 2.24) is 4.40 Å². The first-order valence-corrected chi connectivity index (χ1v) is 8.80. The molecule has 6 nitrogen and oxygen atoms in total. The van der Waals surface area contributed by atoms with Crippen LogP contribution in [-0.4, -0.2) is 23.6 Å². The smallest absolute Gasteiger partial charge is 0.338 e. The van der Waals surface area contributed by atoms with E-state index in [9.17, 15) is 10.1 Å². The van der Waals surface area contributed by atoms with Crippen LogP contribution in [-0.2, 0) is 11.3 Å². The lowest BCUT2D eigenvalue weighted by molar-refractivity contribution is 0.0472. The molecule has 0 unspecified atom stereocenters. The number of hydrogen-bond acceptors (Lipinski definition) is 5. The number of fused-ring (bicyclic) bond motifs is 2. The summed E-state index contributed by atoms with van der Waals surface area (Å²) in [4.78, 5) is 12.5. The Morgan fingerprint density at radius 1 is 1.30 bits per heavy atom. The van der Waals surface area contributed by atoms with Gasteiger partial charge in [0.25, 0.3) is 0 Å². The highest BCUT2D eigenvalue weighted by Gasteiger charge is 2.20. The molecule has 136 valence electrons. The van der Waals surface area contributed by atoms with E-state index in [-0.39, 0.29) is 12.2 Å². The summed E-state index contributed by atoms with van der Waals surface area (Å²) < 4.78 is 18.4. The van der Waals surface area contributed by atoms with Gasteiger partial charge in [-0.25, -0.2) is 4.79 Å². The number of aromatic nitrogens is 1. The molecule has 0 saturated carbocycles. The van der Waals surface area contributed by atoms with E-state index in [0.29, 0.717) is 40.9 Å². The average molecular weight is 383 g/mol. The van der Waals surface area contributed by atoms with Crippen LogP contribution in [0.3, 0.4) is 0 Å². The van der Waals surface area contributed by atoms with Crippen LogP contribution in [0, 0.1) is 11.3 Å². The molecule has 0 atom stereocenters. The Labute approximate surface area is 160 Å². The third kappa shape index (κ3) is 3.29. The number of esters is 1. The highest BCUT2D eigenvalue weighted by atomic mass is 35.5. The number of benzene rings is 1. The van der Waals surface area contributed by atoms with Crippen molar-refractivity contribution in [3.63, 3.8) is 0 Å². The summed E-state index contributed by atoms with van der Waals surface area (Å²) in [7, 11) is 0. The van der Waals surface area contributed by atoms with Crippen LogP contribution in [0.1, 0.15) is 27.9 Å². The minimum Gasteiger partial charge on any atom is -0.489 e. The van der Waals surface area contributed by atoms with Gasteiger partial charge in [-0.05, 0) is 24.3 Å². The standard InChI is InChI=1S/C20H15ClN2O4/c21-16-8-13(9-18-19(16)26-7-3-6-25-18)20(24)27-12-14-11-23-5-2-1-4-17(23)15(14)10-22/h1-2,4-5,8-9,11H,3,6-7,12H2. The van der Waals surface area contributed by atoms with Crippen molar-refractivity contribution in [2.75, 3.05) is 13.2 Å². The number of hydrogen-bond donors (Lipinski definition) is 0. The van der Waals surface area contributed by atoms with Crippen LogP contribution in [0.5, 0.6) is 11.5 Å². The molecule has 1 aliphatic rings. The Balaban J connectivity index is 1.56. The maximum atomic E-state index is 12.5. The van der Waals surface area contributed by atoms with Crippen LogP contribution < -0.4 is 9.47 Å². The fourth-order valence-electron chi connectivity index (χ4n) is 2.99. The number of pyridine rings is 1. The van der Waals surface area contributed by atoms with Crippen molar-refractivity contribution in [2.24, 2.45) is 0 Å². The molecule has 0 amide bonds. The van der Waals surface area contributed by atoms with Gasteiger partial charge in [-0.2, -0.15) is 5.26 Å². The van der Waals surface area contributed by atoms with Gasteiger partial charge in [0.05, 0.1) is 34.9 Å². The monoisotopic (exact) mass is 382 g/mol. The lowest BCUT2D eigenvalue weighted by Gasteiger charge is -2.11. The maximum absolute atomic E-state index is 12.5. The lowest BCUT2D eigenvalue weighted by Crippen LogP contribution is -2.06. The minimum absolute atomic E-state index is 0.0184. The molecule has 0 fully saturated rings. The molecule has 3 heterocycles. The quantitative estimate of drug-likeness (QED) is 0.640. The number of halogens is 1. The van der Waals surface area contributed by atoms with Gasteiger partial charge in [-0.15, -0.1) is 0 Å². The van der Waals surface area contributed by atoms with E-state index >= 15 is 0 Å². The van der Waals surface area contributed by atoms with E-state index in [4.69, 9.17) is 25.8 Å². The Bertz CT molecular complexity index is 1070. The molecule has 0 radical (unpaired) electrons. The highest BCUT2D eigenvalue weighted by molar-refractivity contribution is 6.32. The second-order valence-corrected chi connectivity index (χ2v) is 6.45. The third-order valence-corrected chi connectivity index (χ3v) is 4.55. The Hall–Kier alpha value is -3.17. The van der Waals surface area contributed by atoms with Crippen LogP contribution in [0.25, 0.3) is 5.52 Å². The number of carbonyl (C=O) groups excluding carboxylic acids is 1. The van der Waals surface area contributed by atoms with Crippen molar-refractivity contribution < 1.29 is 19.0 Å². The normalized spacial score (nSPS) is 13.0. The molecule has 0 N–H and O–H groups in total. The Morgan fingerprint density at radius 3 is 3.00 bits per heavy atom. The maximum Gasteiger partial charge on any atom is 0.338 e. The first-order chi connectivity index (χ1) is 13.2. The van der Waals surface area contributed by atoms with Gasteiger partial charge >= 0.3 is 5.97 Å². The minimum atomic E-state index is -0.549. The molecule has 0 spiro atoms. The van der Waals surface area contributed by atoms with Crippen molar-refractivity contribution >= 4 is 23.1 Å². The average Bonchev–Trinajstić information content (AvgIpc) is 2.85. The number of carbonyl (C=O) groups is 1.